The molecule has 0 aliphatic carbocycles. The molecule has 1 aromatic carbocycles. The average molecular weight is 341 g/mol. The normalized spacial score (nSPS) is 23.7. The molecule has 1 saturated heterocycles. The van der Waals surface area contributed by atoms with E-state index < -0.39 is 5.60 Å². The van der Waals surface area contributed by atoms with Gasteiger partial charge in [-0.15, -0.1) is 0 Å². The summed E-state index contributed by atoms with van der Waals surface area (Å²) in [6.07, 6.45) is 2.77. The topological polar surface area (TPSA) is 35.5 Å². The minimum Gasteiger partial charge on any atom is -0.390 e. The van der Waals surface area contributed by atoms with E-state index in [1.807, 2.05) is 6.92 Å². The fourth-order valence-corrected chi connectivity index (χ4v) is 3.18. The van der Waals surface area contributed by atoms with E-state index in [1.165, 1.54) is 11.3 Å². The van der Waals surface area contributed by atoms with Crippen LogP contribution in [0.1, 0.15) is 38.7 Å². The van der Waals surface area contributed by atoms with Crippen LogP contribution in [-0.4, -0.2) is 30.3 Å². The summed E-state index contributed by atoms with van der Waals surface area (Å²) in [7, 11) is 0. The zero-order valence-corrected chi connectivity index (χ0v) is 14.0. The van der Waals surface area contributed by atoms with Gasteiger partial charge in [0.2, 0.25) is 0 Å². The van der Waals surface area contributed by atoms with Crippen molar-refractivity contribution in [2.24, 2.45) is 0 Å². The van der Waals surface area contributed by atoms with Crippen LogP contribution in [0.4, 0.5) is 5.69 Å². The van der Waals surface area contributed by atoms with Crippen LogP contribution in [0, 0.1) is 0 Å². The Hall–Kier alpha value is -0.580. The number of nitrogens with zero attached hydrogens (tertiary/aromatic N) is 1. The Balaban J connectivity index is 2.18. The minimum absolute atomic E-state index is 0.508. The highest BCUT2D eigenvalue weighted by atomic mass is 79.9. The molecule has 0 aromatic heterocycles. The van der Waals surface area contributed by atoms with Gasteiger partial charge in [-0.3, -0.25) is 0 Å². The van der Waals surface area contributed by atoms with Gasteiger partial charge in [0.05, 0.1) is 5.60 Å². The van der Waals surface area contributed by atoms with Gasteiger partial charge in [0, 0.05) is 29.8 Å². The summed E-state index contributed by atoms with van der Waals surface area (Å²) in [6.45, 7) is 7.89. The Morgan fingerprint density at radius 2 is 2.15 bits per heavy atom. The van der Waals surface area contributed by atoms with E-state index in [4.69, 9.17) is 0 Å². The van der Waals surface area contributed by atoms with E-state index in [9.17, 15) is 5.11 Å². The Bertz CT molecular complexity index is 448. The van der Waals surface area contributed by atoms with Gasteiger partial charge in [-0.25, -0.2) is 0 Å². The van der Waals surface area contributed by atoms with Gasteiger partial charge < -0.3 is 15.3 Å². The summed E-state index contributed by atoms with van der Waals surface area (Å²) in [5.74, 6) is 0. The second-order valence-corrected chi connectivity index (χ2v) is 6.81. The van der Waals surface area contributed by atoms with E-state index in [1.54, 1.807) is 0 Å². The monoisotopic (exact) mass is 340 g/mol. The van der Waals surface area contributed by atoms with Crippen molar-refractivity contribution < 1.29 is 5.11 Å². The summed E-state index contributed by atoms with van der Waals surface area (Å²) >= 11 is 3.56. The molecule has 0 spiro atoms. The van der Waals surface area contributed by atoms with Crippen LogP contribution < -0.4 is 10.2 Å². The van der Waals surface area contributed by atoms with Gasteiger partial charge in [0.1, 0.15) is 0 Å². The molecule has 4 heteroatoms. The second-order valence-electron chi connectivity index (χ2n) is 5.89. The number of benzene rings is 1. The maximum Gasteiger partial charge on any atom is 0.0637 e. The lowest BCUT2D eigenvalue weighted by Gasteiger charge is -2.27. The summed E-state index contributed by atoms with van der Waals surface area (Å²) < 4.78 is 1.12. The third-order valence-corrected chi connectivity index (χ3v) is 4.50. The minimum atomic E-state index is -0.508. The molecule has 3 nitrogen and oxygen atoms in total. The predicted octanol–water partition coefficient (Wildman–Crippen LogP) is 3.30. The van der Waals surface area contributed by atoms with Crippen molar-refractivity contribution >= 4 is 21.6 Å². The summed E-state index contributed by atoms with van der Waals surface area (Å²) in [5, 5.41) is 13.6. The van der Waals surface area contributed by atoms with Crippen LogP contribution in [0.15, 0.2) is 22.7 Å². The summed E-state index contributed by atoms with van der Waals surface area (Å²) in [4.78, 5) is 2.42. The zero-order valence-electron chi connectivity index (χ0n) is 12.5. The molecular weight excluding hydrogens is 316 g/mol. The second kappa shape index (κ2) is 6.92. The molecule has 1 aliphatic rings. The highest BCUT2D eigenvalue weighted by molar-refractivity contribution is 9.10. The van der Waals surface area contributed by atoms with Gasteiger partial charge in [0.15, 0.2) is 0 Å². The van der Waals surface area contributed by atoms with E-state index in [-0.39, 0.29) is 0 Å². The maximum absolute atomic E-state index is 10.2. The Morgan fingerprint density at radius 1 is 1.35 bits per heavy atom. The van der Waals surface area contributed by atoms with Gasteiger partial charge in [0.25, 0.3) is 0 Å². The molecule has 0 saturated carbocycles. The van der Waals surface area contributed by atoms with Crippen molar-refractivity contribution in [2.45, 2.75) is 45.3 Å². The first-order valence-electron chi connectivity index (χ1n) is 7.48. The van der Waals surface area contributed by atoms with Crippen molar-refractivity contribution in [3.63, 3.8) is 0 Å². The quantitative estimate of drug-likeness (QED) is 0.882. The molecule has 1 atom stereocenters. The smallest absolute Gasteiger partial charge is 0.0637 e. The first-order valence-corrected chi connectivity index (χ1v) is 8.27. The van der Waals surface area contributed by atoms with Gasteiger partial charge in [-0.2, -0.15) is 0 Å². The van der Waals surface area contributed by atoms with Gasteiger partial charge in [-0.1, -0.05) is 22.9 Å². The fraction of sp³-hybridized carbons (Fsp3) is 0.625. The largest absolute Gasteiger partial charge is 0.390 e. The van der Waals surface area contributed by atoms with Crippen molar-refractivity contribution in [1.29, 1.82) is 0 Å². The predicted molar refractivity (Wildman–Crippen MR) is 88.2 cm³/mol. The van der Waals surface area contributed by atoms with E-state index in [2.05, 4.69) is 51.3 Å². The number of halogens is 1. The lowest BCUT2D eigenvalue weighted by atomic mass is 9.98. The van der Waals surface area contributed by atoms with Crippen LogP contribution in [0.5, 0.6) is 0 Å². The van der Waals surface area contributed by atoms with Crippen molar-refractivity contribution in [1.82, 2.24) is 5.32 Å². The highest BCUT2D eigenvalue weighted by Crippen LogP contribution is 2.29. The number of hydrogen-bond donors (Lipinski definition) is 2. The molecule has 1 fully saturated rings. The summed E-state index contributed by atoms with van der Waals surface area (Å²) in [6, 6.07) is 6.49. The van der Waals surface area contributed by atoms with Gasteiger partial charge in [-0.05, 0) is 56.5 Å². The maximum atomic E-state index is 10.2. The van der Waals surface area contributed by atoms with Crippen molar-refractivity contribution in [3.05, 3.63) is 28.2 Å². The first-order chi connectivity index (χ1) is 9.52. The number of hydrogen-bond acceptors (Lipinski definition) is 3. The lowest BCUT2D eigenvalue weighted by Crippen LogP contribution is -2.29. The standard InChI is InChI=1S/C16H25BrN2O/c1-3-18-12-13-11-14(17)5-6-15(13)19-9-4-7-16(2,20)8-10-19/h5-6,11,18,20H,3-4,7-10,12H2,1-2H3. The molecule has 2 rings (SSSR count). The molecule has 112 valence electrons. The number of anilines is 1. The number of rotatable bonds is 4. The third kappa shape index (κ3) is 4.21. The first kappa shape index (κ1) is 15.8. The lowest BCUT2D eigenvalue weighted by molar-refractivity contribution is 0.0481. The van der Waals surface area contributed by atoms with Crippen LogP contribution in [0.3, 0.4) is 0 Å². The molecule has 1 aliphatic heterocycles. The Labute approximate surface area is 130 Å². The Kier molecular flexibility index (Phi) is 5.47. The molecule has 20 heavy (non-hydrogen) atoms. The van der Waals surface area contributed by atoms with E-state index in [0.29, 0.717) is 0 Å². The fourth-order valence-electron chi connectivity index (χ4n) is 2.77. The number of aliphatic hydroxyl groups is 1. The molecule has 1 heterocycles. The van der Waals surface area contributed by atoms with Crippen molar-refractivity contribution in [2.75, 3.05) is 24.5 Å². The third-order valence-electron chi connectivity index (χ3n) is 4.01. The highest BCUT2D eigenvalue weighted by Gasteiger charge is 2.25. The molecular formula is C16H25BrN2O. The van der Waals surface area contributed by atoms with Gasteiger partial charge >= 0.3 is 0 Å². The summed E-state index contributed by atoms with van der Waals surface area (Å²) in [5.41, 5.74) is 2.11. The van der Waals surface area contributed by atoms with E-state index >= 15 is 0 Å². The van der Waals surface area contributed by atoms with Crippen molar-refractivity contribution in [3.8, 4) is 0 Å². The molecule has 0 amide bonds. The SMILES string of the molecule is CCNCc1cc(Br)ccc1N1CCCC(C)(O)CC1. The Morgan fingerprint density at radius 3 is 2.90 bits per heavy atom. The van der Waals surface area contributed by atoms with Crippen LogP contribution >= 0.6 is 15.9 Å². The van der Waals surface area contributed by atoms with Crippen LogP contribution in [0.25, 0.3) is 0 Å². The van der Waals surface area contributed by atoms with Crippen LogP contribution in [0.2, 0.25) is 0 Å². The number of nitrogens with one attached hydrogen (secondary N) is 1. The molecule has 0 radical (unpaired) electrons. The molecule has 2 N–H and O–H groups in total. The molecule has 1 aromatic rings. The zero-order chi connectivity index (χ0) is 14.6. The average Bonchev–Trinajstić information content (AvgIpc) is 2.58. The van der Waals surface area contributed by atoms with E-state index in [0.717, 1.165) is 49.9 Å². The van der Waals surface area contributed by atoms with Crippen LogP contribution in [-0.2, 0) is 6.54 Å². The molecule has 0 bridgehead atoms. The molecule has 1 unspecified atom stereocenters.